The van der Waals surface area contributed by atoms with Crippen molar-refractivity contribution in [3.05, 3.63) is 53.9 Å². The first-order chi connectivity index (χ1) is 8.81. The molecule has 90 valence electrons. The summed E-state index contributed by atoms with van der Waals surface area (Å²) in [7, 11) is 0. The molecule has 0 aliphatic carbocycles. The van der Waals surface area contributed by atoms with E-state index in [2.05, 4.69) is 51.8 Å². The summed E-state index contributed by atoms with van der Waals surface area (Å²) in [5.41, 5.74) is 3.24. The molecule has 1 aromatic carbocycles. The summed E-state index contributed by atoms with van der Waals surface area (Å²) in [5, 5.41) is 15.3. The lowest BCUT2D eigenvalue weighted by Crippen LogP contribution is -2.03. The molecular formula is C13H13N5. The number of fused-ring (bicyclic) bond motifs is 1. The Balaban J connectivity index is 1.74. The van der Waals surface area contributed by atoms with Gasteiger partial charge in [-0.2, -0.15) is 4.52 Å². The number of benzene rings is 1. The second-order valence-corrected chi connectivity index (χ2v) is 4.19. The third kappa shape index (κ3) is 2.15. The Bertz CT molecular complexity index is 656. The van der Waals surface area contributed by atoms with Gasteiger partial charge in [-0.05, 0) is 24.6 Å². The van der Waals surface area contributed by atoms with Crippen molar-refractivity contribution in [2.75, 3.05) is 5.32 Å². The molecule has 0 aliphatic heterocycles. The second kappa shape index (κ2) is 4.44. The highest BCUT2D eigenvalue weighted by Crippen LogP contribution is 2.08. The molecule has 0 saturated carbocycles. The molecule has 3 aromatic rings. The van der Waals surface area contributed by atoms with Gasteiger partial charge in [0.1, 0.15) is 12.1 Å². The molecule has 0 bridgehead atoms. The maximum atomic E-state index is 4.35. The normalized spacial score (nSPS) is 10.7. The van der Waals surface area contributed by atoms with Gasteiger partial charge < -0.3 is 5.32 Å². The summed E-state index contributed by atoms with van der Waals surface area (Å²) in [4.78, 5) is 0. The summed E-state index contributed by atoms with van der Waals surface area (Å²) in [6, 6.07) is 12.2. The third-order valence-electron chi connectivity index (χ3n) is 2.76. The number of rotatable bonds is 3. The second-order valence-electron chi connectivity index (χ2n) is 4.19. The van der Waals surface area contributed by atoms with Crippen LogP contribution in [0.4, 0.5) is 5.82 Å². The predicted octanol–water partition coefficient (Wildman–Crippen LogP) is 2.04. The maximum Gasteiger partial charge on any atom is 0.177 e. The largest absolute Gasteiger partial charge is 0.365 e. The number of hydrogen-bond acceptors (Lipinski definition) is 4. The van der Waals surface area contributed by atoms with Crippen molar-refractivity contribution >= 4 is 11.5 Å². The molecule has 1 N–H and O–H groups in total. The van der Waals surface area contributed by atoms with Crippen LogP contribution in [0.15, 0.2) is 42.7 Å². The highest BCUT2D eigenvalue weighted by Gasteiger charge is 1.99. The minimum Gasteiger partial charge on any atom is -0.365 e. The summed E-state index contributed by atoms with van der Waals surface area (Å²) < 4.78 is 1.65. The van der Waals surface area contributed by atoms with Gasteiger partial charge in [-0.1, -0.05) is 29.8 Å². The lowest BCUT2D eigenvalue weighted by molar-refractivity contribution is 0.917. The number of aromatic nitrogens is 4. The number of aryl methyl sites for hydroxylation is 1. The maximum absolute atomic E-state index is 4.35. The molecule has 2 aromatic heterocycles. The van der Waals surface area contributed by atoms with Gasteiger partial charge in [0.05, 0.1) is 0 Å². The number of nitrogens with zero attached hydrogens (tertiary/aromatic N) is 4. The Morgan fingerprint density at radius 1 is 1.11 bits per heavy atom. The molecule has 18 heavy (non-hydrogen) atoms. The quantitative estimate of drug-likeness (QED) is 0.760. The first-order valence-corrected chi connectivity index (χ1v) is 5.78. The highest BCUT2D eigenvalue weighted by molar-refractivity contribution is 5.43. The van der Waals surface area contributed by atoms with Gasteiger partial charge in [0, 0.05) is 6.54 Å². The smallest absolute Gasteiger partial charge is 0.177 e. The molecule has 0 fully saturated rings. The van der Waals surface area contributed by atoms with Crippen LogP contribution in [0.2, 0.25) is 0 Å². The Morgan fingerprint density at radius 2 is 1.94 bits per heavy atom. The fourth-order valence-electron chi connectivity index (χ4n) is 1.72. The first-order valence-electron chi connectivity index (χ1n) is 5.78. The van der Waals surface area contributed by atoms with E-state index in [1.807, 2.05) is 12.1 Å². The average Bonchev–Trinajstić information content (AvgIpc) is 2.85. The van der Waals surface area contributed by atoms with Gasteiger partial charge in [0.2, 0.25) is 0 Å². The van der Waals surface area contributed by atoms with Crippen molar-refractivity contribution in [1.29, 1.82) is 0 Å². The van der Waals surface area contributed by atoms with Gasteiger partial charge in [0.25, 0.3) is 0 Å². The van der Waals surface area contributed by atoms with Crippen LogP contribution >= 0.6 is 0 Å². The van der Waals surface area contributed by atoms with Crippen LogP contribution in [0.5, 0.6) is 0 Å². The molecule has 3 rings (SSSR count). The van der Waals surface area contributed by atoms with Crippen molar-refractivity contribution in [1.82, 2.24) is 19.8 Å². The van der Waals surface area contributed by atoms with E-state index in [4.69, 9.17) is 0 Å². The van der Waals surface area contributed by atoms with Gasteiger partial charge in [-0.3, -0.25) is 0 Å². The van der Waals surface area contributed by atoms with Gasteiger partial charge >= 0.3 is 0 Å². The van der Waals surface area contributed by atoms with Crippen LogP contribution in [0.1, 0.15) is 11.1 Å². The molecule has 2 heterocycles. The molecule has 0 atom stereocenters. The average molecular weight is 239 g/mol. The van der Waals surface area contributed by atoms with E-state index in [1.54, 1.807) is 10.8 Å². The molecule has 0 aliphatic rings. The minimum atomic E-state index is 0.746. The zero-order chi connectivity index (χ0) is 12.4. The summed E-state index contributed by atoms with van der Waals surface area (Å²) >= 11 is 0. The first kappa shape index (κ1) is 10.7. The van der Waals surface area contributed by atoms with E-state index in [0.717, 1.165) is 18.0 Å². The molecule has 0 spiro atoms. The fourth-order valence-corrected chi connectivity index (χ4v) is 1.72. The Labute approximate surface area is 104 Å². The van der Waals surface area contributed by atoms with Crippen LogP contribution in [0.3, 0.4) is 0 Å². The standard InChI is InChI=1S/C13H13N5/c1-10-2-4-11(5-3-10)8-14-12-6-7-13-16-15-9-18(13)17-12/h2-7,9H,8H2,1H3,(H,14,17). The number of nitrogens with one attached hydrogen (secondary N) is 1. The van der Waals surface area contributed by atoms with E-state index in [9.17, 15) is 0 Å². The monoisotopic (exact) mass is 239 g/mol. The van der Waals surface area contributed by atoms with Crippen molar-refractivity contribution in [3.8, 4) is 0 Å². The van der Waals surface area contributed by atoms with E-state index >= 15 is 0 Å². The zero-order valence-corrected chi connectivity index (χ0v) is 10.0. The Kier molecular flexibility index (Phi) is 2.64. The molecule has 0 unspecified atom stereocenters. The van der Waals surface area contributed by atoms with E-state index in [0.29, 0.717) is 0 Å². The molecular weight excluding hydrogens is 226 g/mol. The summed E-state index contributed by atoms with van der Waals surface area (Å²) in [6.45, 7) is 2.83. The molecule has 0 radical (unpaired) electrons. The van der Waals surface area contributed by atoms with Crippen molar-refractivity contribution < 1.29 is 0 Å². The Hall–Kier alpha value is -2.43. The van der Waals surface area contributed by atoms with Crippen molar-refractivity contribution in [3.63, 3.8) is 0 Å². The molecule has 5 heteroatoms. The van der Waals surface area contributed by atoms with E-state index < -0.39 is 0 Å². The zero-order valence-electron chi connectivity index (χ0n) is 10.0. The fraction of sp³-hybridized carbons (Fsp3) is 0.154. The molecule has 0 amide bonds. The van der Waals surface area contributed by atoms with E-state index in [1.165, 1.54) is 11.1 Å². The topological polar surface area (TPSA) is 55.1 Å². The molecule has 0 saturated heterocycles. The summed E-state index contributed by atoms with van der Waals surface area (Å²) in [6.07, 6.45) is 1.59. The lowest BCUT2D eigenvalue weighted by Gasteiger charge is -2.05. The predicted molar refractivity (Wildman–Crippen MR) is 69.3 cm³/mol. The SMILES string of the molecule is Cc1ccc(CNc2ccc3nncn3n2)cc1. The summed E-state index contributed by atoms with van der Waals surface area (Å²) in [5.74, 6) is 0.808. The molecule has 5 nitrogen and oxygen atoms in total. The van der Waals surface area contributed by atoms with Crippen LogP contribution in [-0.4, -0.2) is 19.8 Å². The van der Waals surface area contributed by atoms with Crippen LogP contribution < -0.4 is 5.32 Å². The van der Waals surface area contributed by atoms with E-state index in [-0.39, 0.29) is 0 Å². The highest BCUT2D eigenvalue weighted by atomic mass is 15.4. The van der Waals surface area contributed by atoms with Crippen molar-refractivity contribution in [2.24, 2.45) is 0 Å². The van der Waals surface area contributed by atoms with Crippen molar-refractivity contribution in [2.45, 2.75) is 13.5 Å². The van der Waals surface area contributed by atoms with Gasteiger partial charge in [-0.15, -0.1) is 15.3 Å². The number of hydrogen-bond donors (Lipinski definition) is 1. The van der Waals surface area contributed by atoms with Gasteiger partial charge in [0.15, 0.2) is 5.65 Å². The van der Waals surface area contributed by atoms with Gasteiger partial charge in [-0.25, -0.2) is 0 Å². The Morgan fingerprint density at radius 3 is 2.78 bits per heavy atom. The van der Waals surface area contributed by atoms with Crippen LogP contribution in [0.25, 0.3) is 5.65 Å². The third-order valence-corrected chi connectivity index (χ3v) is 2.76. The van der Waals surface area contributed by atoms with Crippen LogP contribution in [0, 0.1) is 6.92 Å². The lowest BCUT2D eigenvalue weighted by atomic mass is 10.1. The number of anilines is 1. The van der Waals surface area contributed by atoms with Crippen LogP contribution in [-0.2, 0) is 6.54 Å². The minimum absolute atomic E-state index is 0.746.